The van der Waals surface area contributed by atoms with E-state index in [1.807, 2.05) is 11.0 Å². The number of benzene rings is 1. The van der Waals surface area contributed by atoms with Gasteiger partial charge >= 0.3 is 0 Å². The number of Topliss-reactive ketones (excluding diaryl/α,β-unsaturated/α-hetero) is 1. The van der Waals surface area contributed by atoms with E-state index in [4.69, 9.17) is 9.15 Å². The molecule has 0 radical (unpaired) electrons. The van der Waals surface area contributed by atoms with Crippen LogP contribution in [0.5, 0.6) is 5.75 Å². The molecule has 20 heavy (non-hydrogen) atoms. The molecule has 0 fully saturated rings. The Morgan fingerprint density at radius 2 is 2.20 bits per heavy atom. The minimum Gasteiger partial charge on any atom is -0.494 e. The minimum absolute atomic E-state index is 0.130. The van der Waals surface area contributed by atoms with Gasteiger partial charge in [-0.1, -0.05) is 0 Å². The molecule has 0 atom stereocenters. The number of carbonyl (C=O) groups excluding carboxylic acids is 1. The summed E-state index contributed by atoms with van der Waals surface area (Å²) in [5.41, 5.74) is 0.328. The van der Waals surface area contributed by atoms with Crippen LogP contribution in [0.15, 0.2) is 41.0 Å². The van der Waals surface area contributed by atoms with Crippen LogP contribution >= 0.6 is 0 Å². The van der Waals surface area contributed by atoms with Gasteiger partial charge in [0, 0.05) is 5.56 Å². The van der Waals surface area contributed by atoms with Crippen LogP contribution in [0.25, 0.3) is 0 Å². The number of carbonyl (C=O) groups is 1. The molecule has 5 heteroatoms. The summed E-state index contributed by atoms with van der Waals surface area (Å²) in [7, 11) is 3.19. The molecule has 4 nitrogen and oxygen atoms in total. The van der Waals surface area contributed by atoms with Crippen LogP contribution in [0.3, 0.4) is 0 Å². The van der Waals surface area contributed by atoms with Gasteiger partial charge in [0.15, 0.2) is 17.3 Å². The lowest BCUT2D eigenvalue weighted by Gasteiger charge is -2.14. The number of hydrogen-bond acceptors (Lipinski definition) is 4. The van der Waals surface area contributed by atoms with E-state index in [1.165, 1.54) is 19.2 Å². The van der Waals surface area contributed by atoms with Gasteiger partial charge < -0.3 is 9.15 Å². The summed E-state index contributed by atoms with van der Waals surface area (Å²) < 4.78 is 23.6. The van der Waals surface area contributed by atoms with Gasteiger partial charge in [0.2, 0.25) is 0 Å². The molecular formula is C15H16FNO3. The molecule has 0 saturated heterocycles. The van der Waals surface area contributed by atoms with Crippen molar-refractivity contribution in [3.63, 3.8) is 0 Å². The van der Waals surface area contributed by atoms with Crippen molar-refractivity contribution in [1.82, 2.24) is 4.90 Å². The number of nitrogens with zero attached hydrogens (tertiary/aromatic N) is 1. The molecular weight excluding hydrogens is 261 g/mol. The lowest BCUT2D eigenvalue weighted by Crippen LogP contribution is -2.25. The Balaban J connectivity index is 1.99. The van der Waals surface area contributed by atoms with E-state index in [2.05, 4.69) is 0 Å². The van der Waals surface area contributed by atoms with Crippen molar-refractivity contribution in [2.24, 2.45) is 0 Å². The number of rotatable bonds is 6. The standard InChI is InChI=1S/C15H16FNO3/c1-17(9-12-4-3-7-20-12)10-14(18)11-5-6-15(19-2)13(16)8-11/h3-8H,9-10H2,1-2H3. The number of likely N-dealkylation sites (N-methyl/N-ethyl adjacent to an activating group) is 1. The highest BCUT2D eigenvalue weighted by Crippen LogP contribution is 2.18. The largest absolute Gasteiger partial charge is 0.494 e. The van der Waals surface area contributed by atoms with Crippen LogP contribution in [0.4, 0.5) is 4.39 Å². The molecule has 0 amide bonds. The molecule has 0 N–H and O–H groups in total. The van der Waals surface area contributed by atoms with Gasteiger partial charge in [0.1, 0.15) is 5.76 Å². The van der Waals surface area contributed by atoms with Crippen LogP contribution in [0.2, 0.25) is 0 Å². The van der Waals surface area contributed by atoms with E-state index in [0.29, 0.717) is 12.1 Å². The third-order valence-electron chi connectivity index (χ3n) is 2.89. The predicted molar refractivity (Wildman–Crippen MR) is 72.3 cm³/mol. The zero-order chi connectivity index (χ0) is 14.5. The van der Waals surface area contributed by atoms with E-state index >= 15 is 0 Å². The molecule has 0 aliphatic rings. The molecule has 2 aromatic rings. The molecule has 0 aliphatic heterocycles. The van der Waals surface area contributed by atoms with Crippen molar-refractivity contribution in [3.05, 3.63) is 53.7 Å². The van der Waals surface area contributed by atoms with E-state index in [1.54, 1.807) is 25.4 Å². The lowest BCUT2D eigenvalue weighted by atomic mass is 10.1. The highest BCUT2D eigenvalue weighted by atomic mass is 19.1. The average molecular weight is 277 g/mol. The first-order valence-electron chi connectivity index (χ1n) is 6.18. The second kappa shape index (κ2) is 6.34. The summed E-state index contributed by atoms with van der Waals surface area (Å²) in [6, 6.07) is 7.85. The van der Waals surface area contributed by atoms with Crippen molar-refractivity contribution in [2.45, 2.75) is 6.54 Å². The summed E-state index contributed by atoms with van der Waals surface area (Å²) in [6.07, 6.45) is 1.59. The number of ketones is 1. The van der Waals surface area contributed by atoms with Crippen LogP contribution < -0.4 is 4.74 Å². The smallest absolute Gasteiger partial charge is 0.176 e. The fourth-order valence-electron chi connectivity index (χ4n) is 1.90. The predicted octanol–water partition coefficient (Wildman–Crippen LogP) is 2.74. The van der Waals surface area contributed by atoms with Crippen molar-refractivity contribution >= 4 is 5.78 Å². The van der Waals surface area contributed by atoms with Crippen molar-refractivity contribution in [1.29, 1.82) is 0 Å². The third-order valence-corrected chi connectivity index (χ3v) is 2.89. The van der Waals surface area contributed by atoms with Gasteiger partial charge in [-0.3, -0.25) is 9.69 Å². The summed E-state index contributed by atoms with van der Waals surface area (Å²) in [5, 5.41) is 0. The third kappa shape index (κ3) is 3.45. The Morgan fingerprint density at radius 1 is 1.40 bits per heavy atom. The number of hydrogen-bond donors (Lipinski definition) is 0. The van der Waals surface area contributed by atoms with Crippen LogP contribution in [0.1, 0.15) is 16.1 Å². The summed E-state index contributed by atoms with van der Waals surface area (Å²) in [5.74, 6) is 0.222. The maximum atomic E-state index is 13.5. The number of furan rings is 1. The molecule has 106 valence electrons. The monoisotopic (exact) mass is 277 g/mol. The van der Waals surface area contributed by atoms with Gasteiger partial charge in [-0.25, -0.2) is 4.39 Å². The van der Waals surface area contributed by atoms with Crippen molar-refractivity contribution in [3.8, 4) is 5.75 Å². The quantitative estimate of drug-likeness (QED) is 0.761. The maximum absolute atomic E-state index is 13.5. The van der Waals surface area contributed by atoms with E-state index in [0.717, 1.165) is 5.76 Å². The second-order valence-electron chi connectivity index (χ2n) is 4.52. The summed E-state index contributed by atoms with van der Waals surface area (Å²) in [6.45, 7) is 0.712. The Bertz CT molecular complexity index is 581. The van der Waals surface area contributed by atoms with Crippen LogP contribution in [-0.4, -0.2) is 31.4 Å². The summed E-state index contributed by atoms with van der Waals surface area (Å²) >= 11 is 0. The topological polar surface area (TPSA) is 42.7 Å². The van der Waals surface area contributed by atoms with Gasteiger partial charge in [0.05, 0.1) is 26.5 Å². The second-order valence-corrected chi connectivity index (χ2v) is 4.52. The molecule has 1 aromatic carbocycles. The molecule has 1 aromatic heterocycles. The van der Waals surface area contributed by atoms with E-state index in [-0.39, 0.29) is 18.1 Å². The van der Waals surface area contributed by atoms with Gasteiger partial charge in [-0.2, -0.15) is 0 Å². The van der Waals surface area contributed by atoms with Crippen LogP contribution in [-0.2, 0) is 6.54 Å². The summed E-state index contributed by atoms with van der Waals surface area (Å²) in [4.78, 5) is 13.9. The molecule has 0 saturated carbocycles. The highest BCUT2D eigenvalue weighted by molar-refractivity contribution is 5.97. The van der Waals surface area contributed by atoms with Gasteiger partial charge in [0.25, 0.3) is 0 Å². The Hall–Kier alpha value is -2.14. The maximum Gasteiger partial charge on any atom is 0.176 e. The zero-order valence-electron chi connectivity index (χ0n) is 11.4. The highest BCUT2D eigenvalue weighted by Gasteiger charge is 2.13. The first-order valence-corrected chi connectivity index (χ1v) is 6.18. The number of ether oxygens (including phenoxy) is 1. The SMILES string of the molecule is COc1ccc(C(=O)CN(C)Cc2ccco2)cc1F. The minimum atomic E-state index is -0.535. The molecule has 0 unspecified atom stereocenters. The molecule has 0 bridgehead atoms. The van der Waals surface area contributed by atoms with Gasteiger partial charge in [-0.15, -0.1) is 0 Å². The molecule has 1 heterocycles. The molecule has 0 spiro atoms. The average Bonchev–Trinajstić information content (AvgIpc) is 2.91. The zero-order valence-corrected chi connectivity index (χ0v) is 11.4. The number of halogens is 1. The first-order chi connectivity index (χ1) is 9.60. The Morgan fingerprint density at radius 3 is 2.80 bits per heavy atom. The first kappa shape index (κ1) is 14.3. The molecule has 2 rings (SSSR count). The van der Waals surface area contributed by atoms with Crippen molar-refractivity contribution < 1.29 is 18.3 Å². The fourth-order valence-corrected chi connectivity index (χ4v) is 1.90. The Labute approximate surface area is 116 Å². The molecule has 0 aliphatic carbocycles. The normalized spacial score (nSPS) is 10.8. The van der Waals surface area contributed by atoms with Crippen LogP contribution in [0, 0.1) is 5.82 Å². The van der Waals surface area contributed by atoms with Gasteiger partial charge in [-0.05, 0) is 37.4 Å². The fraction of sp³-hybridized carbons (Fsp3) is 0.267. The Kier molecular flexibility index (Phi) is 4.53. The lowest BCUT2D eigenvalue weighted by molar-refractivity contribution is 0.0939. The van der Waals surface area contributed by atoms with E-state index < -0.39 is 5.82 Å². The van der Waals surface area contributed by atoms with Crippen molar-refractivity contribution in [2.75, 3.05) is 20.7 Å². The number of methoxy groups -OCH3 is 1. The van der Waals surface area contributed by atoms with E-state index in [9.17, 15) is 9.18 Å².